The smallest absolute Gasteiger partial charge is 0.224 e. The molecule has 4 N–H and O–H groups in total. The molecular formula is C17H32N2O5. The third-order valence-corrected chi connectivity index (χ3v) is 3.60. The van der Waals surface area contributed by atoms with Gasteiger partial charge in [0, 0.05) is 13.0 Å². The van der Waals surface area contributed by atoms with E-state index in [2.05, 4.69) is 17.2 Å². The zero-order chi connectivity index (χ0) is 18.6. The first-order valence-electron chi connectivity index (χ1n) is 8.23. The van der Waals surface area contributed by atoms with E-state index in [1.54, 1.807) is 6.08 Å². The quantitative estimate of drug-likeness (QED) is 0.299. The lowest BCUT2D eigenvalue weighted by atomic mass is 9.86. The number of amides is 2. The summed E-state index contributed by atoms with van der Waals surface area (Å²) in [6, 6.07) is -0.382. The minimum absolute atomic E-state index is 0.0418. The van der Waals surface area contributed by atoms with Crippen LogP contribution < -0.4 is 10.6 Å². The number of hydrogen-bond donors (Lipinski definition) is 4. The molecule has 2 amide bonds. The first-order valence-corrected chi connectivity index (χ1v) is 8.23. The van der Waals surface area contributed by atoms with Crippen molar-refractivity contribution in [1.82, 2.24) is 10.6 Å². The molecular weight excluding hydrogens is 312 g/mol. The Hall–Kier alpha value is -1.44. The van der Waals surface area contributed by atoms with Crippen LogP contribution in [0.1, 0.15) is 33.6 Å². The summed E-state index contributed by atoms with van der Waals surface area (Å²) in [6.45, 7) is 10.0. The highest BCUT2D eigenvalue weighted by molar-refractivity contribution is 5.86. The first-order chi connectivity index (χ1) is 11.3. The number of hydrogen-bond acceptors (Lipinski definition) is 5. The lowest BCUT2D eigenvalue weighted by Crippen LogP contribution is -2.48. The summed E-state index contributed by atoms with van der Waals surface area (Å²) in [7, 11) is 0. The SMILES string of the molecule is C=CC[C@H](CC(=O)NCCOCCO)C(=O)N[C@H](CO)C(C)(C)C. The fraction of sp³-hybridized carbons (Fsp3) is 0.765. The van der Waals surface area contributed by atoms with Crippen LogP contribution in [-0.2, 0) is 14.3 Å². The molecule has 7 heteroatoms. The number of nitrogens with one attached hydrogen (secondary N) is 2. The van der Waals surface area contributed by atoms with Gasteiger partial charge in [-0.15, -0.1) is 6.58 Å². The van der Waals surface area contributed by atoms with E-state index in [0.29, 0.717) is 19.6 Å². The van der Waals surface area contributed by atoms with E-state index in [1.165, 1.54) is 0 Å². The third kappa shape index (κ3) is 9.64. The third-order valence-electron chi connectivity index (χ3n) is 3.60. The van der Waals surface area contributed by atoms with Gasteiger partial charge in [-0.2, -0.15) is 0 Å². The molecule has 7 nitrogen and oxygen atoms in total. The second-order valence-corrected chi connectivity index (χ2v) is 6.72. The fourth-order valence-electron chi connectivity index (χ4n) is 2.04. The Morgan fingerprint density at radius 2 is 1.92 bits per heavy atom. The van der Waals surface area contributed by atoms with E-state index in [1.807, 2.05) is 20.8 Å². The second kappa shape index (κ2) is 12.0. The average molecular weight is 344 g/mol. The van der Waals surface area contributed by atoms with Gasteiger partial charge in [-0.05, 0) is 11.8 Å². The molecule has 0 fully saturated rings. The summed E-state index contributed by atoms with van der Waals surface area (Å²) in [6.07, 6.45) is 2.02. The van der Waals surface area contributed by atoms with Gasteiger partial charge in [-0.3, -0.25) is 9.59 Å². The molecule has 0 aromatic heterocycles. The standard InChI is InChI=1S/C17H32N2O5/c1-5-6-13(11-15(22)18-7-9-24-10-8-20)16(23)19-14(12-21)17(2,3)4/h5,13-14,20-21H,1,6-12H2,2-4H3,(H,18,22)(H,19,23)/t13-,14-/m1/s1. The largest absolute Gasteiger partial charge is 0.394 e. The number of aliphatic hydroxyl groups is 2. The van der Waals surface area contributed by atoms with Crippen molar-refractivity contribution in [1.29, 1.82) is 0 Å². The van der Waals surface area contributed by atoms with Gasteiger partial charge in [0.2, 0.25) is 11.8 Å². The van der Waals surface area contributed by atoms with Crippen LogP contribution in [0.5, 0.6) is 0 Å². The summed E-state index contributed by atoms with van der Waals surface area (Å²) in [4.78, 5) is 24.3. The second-order valence-electron chi connectivity index (χ2n) is 6.72. The van der Waals surface area contributed by atoms with Gasteiger partial charge < -0.3 is 25.6 Å². The van der Waals surface area contributed by atoms with Crippen molar-refractivity contribution in [2.75, 3.05) is 33.0 Å². The molecule has 0 aliphatic heterocycles. The Bertz CT molecular complexity index is 393. The van der Waals surface area contributed by atoms with E-state index in [-0.39, 0.29) is 49.5 Å². The maximum atomic E-state index is 12.4. The van der Waals surface area contributed by atoms with Crippen LogP contribution in [0.25, 0.3) is 0 Å². The van der Waals surface area contributed by atoms with Gasteiger partial charge in [0.15, 0.2) is 0 Å². The zero-order valence-electron chi connectivity index (χ0n) is 15.0. The van der Waals surface area contributed by atoms with Crippen molar-refractivity contribution in [3.05, 3.63) is 12.7 Å². The Morgan fingerprint density at radius 3 is 2.42 bits per heavy atom. The first kappa shape index (κ1) is 22.6. The van der Waals surface area contributed by atoms with Gasteiger partial charge in [0.25, 0.3) is 0 Å². The molecule has 0 saturated carbocycles. The van der Waals surface area contributed by atoms with Gasteiger partial charge in [-0.25, -0.2) is 0 Å². The molecule has 140 valence electrons. The highest BCUT2D eigenvalue weighted by Gasteiger charge is 2.29. The van der Waals surface area contributed by atoms with Crippen LogP contribution in [0, 0.1) is 11.3 Å². The molecule has 0 aliphatic rings. The predicted octanol–water partition coefficient (Wildman–Crippen LogP) is 0.217. The summed E-state index contributed by atoms with van der Waals surface area (Å²) in [5, 5.41) is 23.5. The monoisotopic (exact) mass is 344 g/mol. The van der Waals surface area contributed by atoms with Crippen LogP contribution in [0.4, 0.5) is 0 Å². The Kier molecular flexibility index (Phi) is 11.3. The van der Waals surface area contributed by atoms with Crippen molar-refractivity contribution in [2.24, 2.45) is 11.3 Å². The number of carbonyl (C=O) groups excluding carboxylic acids is 2. The molecule has 0 aliphatic carbocycles. The van der Waals surface area contributed by atoms with E-state index in [9.17, 15) is 14.7 Å². The van der Waals surface area contributed by atoms with Crippen molar-refractivity contribution in [2.45, 2.75) is 39.7 Å². The molecule has 0 aromatic carbocycles. The molecule has 24 heavy (non-hydrogen) atoms. The Labute approximate surface area is 144 Å². The Balaban J connectivity index is 4.48. The number of ether oxygens (including phenoxy) is 1. The lowest BCUT2D eigenvalue weighted by Gasteiger charge is -2.31. The normalized spacial score (nSPS) is 13.9. The average Bonchev–Trinajstić information content (AvgIpc) is 2.50. The molecule has 0 unspecified atom stereocenters. The highest BCUT2D eigenvalue weighted by atomic mass is 16.5. The minimum Gasteiger partial charge on any atom is -0.394 e. The lowest BCUT2D eigenvalue weighted by molar-refractivity contribution is -0.131. The van der Waals surface area contributed by atoms with Crippen molar-refractivity contribution in [3.63, 3.8) is 0 Å². The van der Waals surface area contributed by atoms with E-state index in [4.69, 9.17) is 9.84 Å². The van der Waals surface area contributed by atoms with Crippen LogP contribution in [-0.4, -0.2) is 61.0 Å². The fourth-order valence-corrected chi connectivity index (χ4v) is 2.04. The summed E-state index contributed by atoms with van der Waals surface area (Å²) < 4.78 is 5.05. The summed E-state index contributed by atoms with van der Waals surface area (Å²) in [5.41, 5.74) is -0.282. The van der Waals surface area contributed by atoms with Gasteiger partial charge in [0.05, 0.1) is 38.4 Å². The van der Waals surface area contributed by atoms with Crippen LogP contribution in [0.3, 0.4) is 0 Å². The van der Waals surface area contributed by atoms with Gasteiger partial charge >= 0.3 is 0 Å². The van der Waals surface area contributed by atoms with Crippen LogP contribution in [0.2, 0.25) is 0 Å². The molecule has 0 heterocycles. The maximum Gasteiger partial charge on any atom is 0.224 e. The molecule has 0 radical (unpaired) electrons. The van der Waals surface area contributed by atoms with Gasteiger partial charge in [-0.1, -0.05) is 26.8 Å². The van der Waals surface area contributed by atoms with E-state index >= 15 is 0 Å². The number of carbonyl (C=O) groups is 2. The molecule has 0 bridgehead atoms. The van der Waals surface area contributed by atoms with Crippen LogP contribution >= 0.6 is 0 Å². The molecule has 2 atom stereocenters. The minimum atomic E-state index is -0.530. The maximum absolute atomic E-state index is 12.4. The molecule has 0 spiro atoms. The predicted molar refractivity (Wildman–Crippen MR) is 92.3 cm³/mol. The van der Waals surface area contributed by atoms with Gasteiger partial charge in [0.1, 0.15) is 0 Å². The van der Waals surface area contributed by atoms with E-state index in [0.717, 1.165) is 0 Å². The summed E-state index contributed by atoms with van der Waals surface area (Å²) in [5.74, 6) is -1.05. The Morgan fingerprint density at radius 1 is 1.25 bits per heavy atom. The van der Waals surface area contributed by atoms with E-state index < -0.39 is 5.92 Å². The van der Waals surface area contributed by atoms with Crippen molar-refractivity contribution in [3.8, 4) is 0 Å². The number of allylic oxidation sites excluding steroid dienone is 1. The number of rotatable bonds is 12. The highest BCUT2D eigenvalue weighted by Crippen LogP contribution is 2.20. The van der Waals surface area contributed by atoms with Crippen molar-refractivity contribution < 1.29 is 24.5 Å². The molecule has 0 rings (SSSR count). The zero-order valence-corrected chi connectivity index (χ0v) is 15.0. The number of aliphatic hydroxyl groups excluding tert-OH is 2. The molecule has 0 aromatic rings. The van der Waals surface area contributed by atoms with Crippen molar-refractivity contribution >= 4 is 11.8 Å². The molecule has 0 saturated heterocycles. The topological polar surface area (TPSA) is 108 Å². The summed E-state index contributed by atoms with van der Waals surface area (Å²) >= 11 is 0. The van der Waals surface area contributed by atoms with Crippen LogP contribution in [0.15, 0.2) is 12.7 Å².